The third-order valence-electron chi connectivity index (χ3n) is 3.80. The van der Waals surface area contributed by atoms with E-state index in [1.54, 1.807) is 0 Å². The molecule has 1 fully saturated rings. The average Bonchev–Trinajstić information content (AvgIpc) is 2.82. The van der Waals surface area contributed by atoms with Gasteiger partial charge in [0.05, 0.1) is 6.10 Å². The minimum absolute atomic E-state index is 0.440. The summed E-state index contributed by atoms with van der Waals surface area (Å²) >= 11 is 0. The number of likely N-dealkylation sites (N-methyl/N-ethyl adjacent to an activating group) is 1. The van der Waals surface area contributed by atoms with Crippen LogP contribution in [0.4, 0.5) is 0 Å². The highest BCUT2D eigenvalue weighted by atomic mass is 16.5. The topological polar surface area (TPSA) is 24.5 Å². The summed E-state index contributed by atoms with van der Waals surface area (Å²) in [6.45, 7) is 11.2. The first-order chi connectivity index (χ1) is 8.13. The van der Waals surface area contributed by atoms with E-state index in [9.17, 15) is 0 Å². The lowest BCUT2D eigenvalue weighted by molar-refractivity contribution is 0.0828. The molecule has 0 saturated carbocycles. The average molecular weight is 242 g/mol. The van der Waals surface area contributed by atoms with Gasteiger partial charge in [-0.25, -0.2) is 0 Å². The minimum Gasteiger partial charge on any atom is -0.377 e. The predicted octanol–water partition coefficient (Wildman–Crippen LogP) is 2.12. The molecule has 3 heteroatoms. The second kappa shape index (κ2) is 8.06. The minimum atomic E-state index is 0.440. The van der Waals surface area contributed by atoms with Crippen molar-refractivity contribution in [1.82, 2.24) is 10.2 Å². The Kier molecular flexibility index (Phi) is 7.09. The first-order valence-corrected chi connectivity index (χ1v) is 7.17. The van der Waals surface area contributed by atoms with Gasteiger partial charge in [0.25, 0.3) is 0 Å². The molecule has 1 aliphatic rings. The van der Waals surface area contributed by atoms with E-state index in [4.69, 9.17) is 4.74 Å². The predicted molar refractivity (Wildman–Crippen MR) is 73.4 cm³/mol. The van der Waals surface area contributed by atoms with Gasteiger partial charge >= 0.3 is 0 Å². The highest BCUT2D eigenvalue weighted by Crippen LogP contribution is 2.15. The van der Waals surface area contributed by atoms with Crippen molar-refractivity contribution >= 4 is 0 Å². The monoisotopic (exact) mass is 242 g/mol. The maximum atomic E-state index is 5.68. The van der Waals surface area contributed by atoms with E-state index in [2.05, 4.69) is 38.0 Å². The van der Waals surface area contributed by atoms with Gasteiger partial charge in [-0.3, -0.25) is 0 Å². The maximum Gasteiger partial charge on any atom is 0.0726 e. The van der Waals surface area contributed by atoms with Crippen LogP contribution in [0.25, 0.3) is 0 Å². The largest absolute Gasteiger partial charge is 0.377 e. The highest BCUT2D eigenvalue weighted by Gasteiger charge is 2.21. The van der Waals surface area contributed by atoms with Crippen LogP contribution in [0.3, 0.4) is 0 Å². The number of nitrogens with zero attached hydrogens (tertiary/aromatic N) is 1. The fourth-order valence-electron chi connectivity index (χ4n) is 2.36. The summed E-state index contributed by atoms with van der Waals surface area (Å²) in [5.74, 6) is 0.801. The summed E-state index contributed by atoms with van der Waals surface area (Å²) in [7, 11) is 2.21. The van der Waals surface area contributed by atoms with Crippen LogP contribution in [0.5, 0.6) is 0 Å². The van der Waals surface area contributed by atoms with E-state index in [0.717, 1.165) is 25.6 Å². The Morgan fingerprint density at radius 3 is 2.76 bits per heavy atom. The Bertz CT molecular complexity index is 193. The summed E-state index contributed by atoms with van der Waals surface area (Å²) in [5.41, 5.74) is 0. The fourth-order valence-corrected chi connectivity index (χ4v) is 2.36. The molecular formula is C14H30N2O. The van der Waals surface area contributed by atoms with Crippen LogP contribution in [0.2, 0.25) is 0 Å². The van der Waals surface area contributed by atoms with Crippen molar-refractivity contribution in [3.05, 3.63) is 0 Å². The van der Waals surface area contributed by atoms with Gasteiger partial charge in [0.2, 0.25) is 0 Å². The first kappa shape index (κ1) is 14.9. The smallest absolute Gasteiger partial charge is 0.0726 e. The van der Waals surface area contributed by atoms with Crippen molar-refractivity contribution in [2.24, 2.45) is 5.92 Å². The lowest BCUT2D eigenvalue weighted by Gasteiger charge is -2.24. The zero-order valence-electron chi connectivity index (χ0n) is 12.0. The summed E-state index contributed by atoms with van der Waals surface area (Å²) < 4.78 is 5.68. The van der Waals surface area contributed by atoms with E-state index in [-0.39, 0.29) is 0 Å². The molecule has 0 amide bonds. The van der Waals surface area contributed by atoms with E-state index < -0.39 is 0 Å². The first-order valence-electron chi connectivity index (χ1n) is 7.17. The van der Waals surface area contributed by atoms with Crippen LogP contribution in [0.1, 0.15) is 40.0 Å². The number of hydrogen-bond donors (Lipinski definition) is 1. The maximum absolute atomic E-state index is 5.68. The number of hydrogen-bond acceptors (Lipinski definition) is 3. The molecular weight excluding hydrogens is 212 g/mol. The lowest BCUT2D eigenvalue weighted by Crippen LogP contribution is -2.41. The second-order valence-electron chi connectivity index (χ2n) is 5.57. The molecule has 0 aromatic rings. The lowest BCUT2D eigenvalue weighted by atomic mass is 10.1. The van der Waals surface area contributed by atoms with Crippen molar-refractivity contribution in [3.63, 3.8) is 0 Å². The summed E-state index contributed by atoms with van der Waals surface area (Å²) in [4.78, 5) is 2.42. The second-order valence-corrected chi connectivity index (χ2v) is 5.57. The van der Waals surface area contributed by atoms with E-state index in [1.165, 1.54) is 25.8 Å². The summed E-state index contributed by atoms with van der Waals surface area (Å²) in [6.07, 6.45) is 4.15. The van der Waals surface area contributed by atoms with Crippen molar-refractivity contribution in [3.8, 4) is 0 Å². The van der Waals surface area contributed by atoms with Crippen LogP contribution in [0, 0.1) is 5.92 Å². The van der Waals surface area contributed by atoms with Crippen LogP contribution >= 0.6 is 0 Å². The molecule has 0 aliphatic carbocycles. The Morgan fingerprint density at radius 1 is 1.41 bits per heavy atom. The molecule has 0 aromatic heterocycles. The SMILES string of the molecule is CCC(C)CN(C)CCNC(C)C1CCCO1. The van der Waals surface area contributed by atoms with Gasteiger partial charge in [-0.1, -0.05) is 20.3 Å². The van der Waals surface area contributed by atoms with Crippen molar-refractivity contribution in [2.75, 3.05) is 33.3 Å². The molecule has 17 heavy (non-hydrogen) atoms. The molecule has 1 rings (SSSR count). The third kappa shape index (κ3) is 5.84. The zero-order chi connectivity index (χ0) is 12.7. The molecule has 0 radical (unpaired) electrons. The Hall–Kier alpha value is -0.120. The molecule has 1 aliphatic heterocycles. The number of rotatable bonds is 8. The van der Waals surface area contributed by atoms with Gasteiger partial charge in [-0.2, -0.15) is 0 Å². The van der Waals surface area contributed by atoms with Gasteiger partial charge in [-0.05, 0) is 32.7 Å². The van der Waals surface area contributed by atoms with Gasteiger partial charge in [0.1, 0.15) is 0 Å². The molecule has 3 atom stereocenters. The Balaban J connectivity index is 2.05. The quantitative estimate of drug-likeness (QED) is 0.705. The van der Waals surface area contributed by atoms with E-state index in [0.29, 0.717) is 12.1 Å². The van der Waals surface area contributed by atoms with E-state index >= 15 is 0 Å². The standard InChI is InChI=1S/C14H30N2O/c1-5-12(2)11-16(4)9-8-15-13(3)14-7-6-10-17-14/h12-15H,5-11H2,1-4H3. The normalized spacial score (nSPS) is 24.2. The molecule has 102 valence electrons. The van der Waals surface area contributed by atoms with Crippen molar-refractivity contribution < 1.29 is 4.74 Å². The number of ether oxygens (including phenoxy) is 1. The van der Waals surface area contributed by atoms with E-state index in [1.807, 2.05) is 0 Å². The van der Waals surface area contributed by atoms with Crippen LogP contribution in [-0.2, 0) is 4.74 Å². The molecule has 3 unspecified atom stereocenters. The van der Waals surface area contributed by atoms with Gasteiger partial charge in [0, 0.05) is 32.3 Å². The van der Waals surface area contributed by atoms with Crippen LogP contribution in [-0.4, -0.2) is 50.3 Å². The fraction of sp³-hybridized carbons (Fsp3) is 1.00. The third-order valence-corrected chi connectivity index (χ3v) is 3.80. The molecule has 0 bridgehead atoms. The molecule has 1 saturated heterocycles. The Labute approximate surface area is 107 Å². The summed E-state index contributed by atoms with van der Waals surface area (Å²) in [5, 5.41) is 3.58. The Morgan fingerprint density at radius 2 is 2.18 bits per heavy atom. The zero-order valence-corrected chi connectivity index (χ0v) is 12.0. The van der Waals surface area contributed by atoms with Crippen molar-refractivity contribution in [1.29, 1.82) is 0 Å². The van der Waals surface area contributed by atoms with Gasteiger partial charge in [0.15, 0.2) is 0 Å². The molecule has 0 aromatic carbocycles. The van der Waals surface area contributed by atoms with Gasteiger partial charge < -0.3 is 15.0 Å². The molecule has 0 spiro atoms. The molecule has 1 N–H and O–H groups in total. The highest BCUT2D eigenvalue weighted by molar-refractivity contribution is 4.76. The van der Waals surface area contributed by atoms with Gasteiger partial charge in [-0.15, -0.1) is 0 Å². The van der Waals surface area contributed by atoms with Crippen LogP contribution < -0.4 is 5.32 Å². The molecule has 1 heterocycles. The number of nitrogens with one attached hydrogen (secondary N) is 1. The van der Waals surface area contributed by atoms with Crippen molar-refractivity contribution in [2.45, 2.75) is 52.2 Å². The molecule has 3 nitrogen and oxygen atoms in total. The summed E-state index contributed by atoms with van der Waals surface area (Å²) in [6, 6.07) is 0.495. The van der Waals surface area contributed by atoms with Crippen LogP contribution in [0.15, 0.2) is 0 Å².